The Labute approximate surface area is 220 Å². The molecule has 0 aliphatic carbocycles. The molecular weight excluding hydrogens is 487 g/mol. The van der Waals surface area contributed by atoms with Crippen molar-refractivity contribution in [3.63, 3.8) is 0 Å². The first-order valence-corrected chi connectivity index (χ1v) is 14.2. The Kier molecular flexibility index (Phi) is 3.88. The van der Waals surface area contributed by atoms with Gasteiger partial charge >= 0.3 is 0 Å². The first kappa shape index (κ1) is 19.9. The Hall–Kier alpha value is -4.18. The predicted octanol–water partition coefficient (Wildman–Crippen LogP) is 10.7. The number of para-hydroxylation sites is 1. The molecule has 0 fully saturated rings. The van der Waals surface area contributed by atoms with E-state index in [4.69, 9.17) is 0 Å². The average molecular weight is 506 g/mol. The highest BCUT2D eigenvalue weighted by Crippen LogP contribution is 2.50. The maximum atomic E-state index is 2.53. The SMILES string of the molecule is c1ccc(-n2c3c(ccc4c3sc3sc5ccccc5c34)c3c4ccccc4c4ccccc4c32)cc1. The summed E-state index contributed by atoms with van der Waals surface area (Å²) in [5.41, 5.74) is 3.82. The van der Waals surface area contributed by atoms with Crippen LogP contribution in [0.25, 0.3) is 78.6 Å². The van der Waals surface area contributed by atoms with Crippen LogP contribution in [-0.4, -0.2) is 4.57 Å². The van der Waals surface area contributed by atoms with Crippen LogP contribution < -0.4 is 0 Å². The van der Waals surface area contributed by atoms with Gasteiger partial charge in [-0.1, -0.05) is 97.1 Å². The fraction of sp³-hybridized carbons (Fsp3) is 0. The summed E-state index contributed by atoms with van der Waals surface area (Å²) < 4.78 is 6.68. The molecular formula is C34H19NS2. The second-order valence-electron chi connectivity index (χ2n) is 9.69. The van der Waals surface area contributed by atoms with Crippen LogP contribution >= 0.6 is 22.7 Å². The van der Waals surface area contributed by atoms with Crippen LogP contribution in [0.15, 0.2) is 115 Å². The van der Waals surface area contributed by atoms with E-state index in [1.165, 1.54) is 78.6 Å². The standard InChI is InChI=1S/C34H19NS2/c1-2-10-20(11-3-1)35-31-24-15-7-5-13-22(24)21-12-4-6-14-23(21)29(31)26-18-19-27-30-25-16-8-9-17-28(25)36-34(30)37-33(27)32(26)35/h1-19H. The van der Waals surface area contributed by atoms with Crippen molar-refractivity contribution in [3.05, 3.63) is 115 Å². The Morgan fingerprint density at radius 2 is 1.03 bits per heavy atom. The fourth-order valence-electron chi connectivity index (χ4n) is 6.31. The van der Waals surface area contributed by atoms with E-state index in [1.54, 1.807) is 0 Å². The lowest BCUT2D eigenvalue weighted by atomic mass is 9.96. The normalized spacial score (nSPS) is 12.3. The van der Waals surface area contributed by atoms with Crippen molar-refractivity contribution >= 4 is 95.6 Å². The van der Waals surface area contributed by atoms with Crippen LogP contribution in [0.1, 0.15) is 0 Å². The van der Waals surface area contributed by atoms with Crippen molar-refractivity contribution in [2.75, 3.05) is 0 Å². The molecule has 1 nitrogen and oxygen atoms in total. The van der Waals surface area contributed by atoms with Crippen molar-refractivity contribution in [1.29, 1.82) is 0 Å². The minimum Gasteiger partial charge on any atom is -0.307 e. The van der Waals surface area contributed by atoms with Gasteiger partial charge in [-0.05, 0) is 34.4 Å². The second kappa shape index (κ2) is 7.19. The molecule has 0 radical (unpaired) electrons. The number of benzene rings is 6. The molecule has 0 saturated heterocycles. The Morgan fingerprint density at radius 1 is 0.405 bits per heavy atom. The molecule has 9 aromatic rings. The number of nitrogens with zero attached hydrogens (tertiary/aromatic N) is 1. The number of hydrogen-bond acceptors (Lipinski definition) is 2. The van der Waals surface area contributed by atoms with Crippen LogP contribution in [0.3, 0.4) is 0 Å². The Morgan fingerprint density at radius 3 is 1.84 bits per heavy atom. The summed E-state index contributed by atoms with van der Waals surface area (Å²) in [4.78, 5) is 0. The van der Waals surface area contributed by atoms with E-state index in [-0.39, 0.29) is 0 Å². The minimum absolute atomic E-state index is 1.21. The Bertz CT molecular complexity index is 2350. The van der Waals surface area contributed by atoms with Crippen LogP contribution in [-0.2, 0) is 0 Å². The predicted molar refractivity (Wildman–Crippen MR) is 164 cm³/mol. The number of thiophene rings is 2. The average Bonchev–Trinajstić information content (AvgIpc) is 3.61. The van der Waals surface area contributed by atoms with Crippen molar-refractivity contribution in [2.24, 2.45) is 0 Å². The van der Waals surface area contributed by atoms with Gasteiger partial charge in [0.2, 0.25) is 0 Å². The third kappa shape index (κ3) is 2.53. The largest absolute Gasteiger partial charge is 0.307 e. The van der Waals surface area contributed by atoms with Crippen LogP contribution in [0.2, 0.25) is 0 Å². The molecule has 0 saturated carbocycles. The molecule has 0 amide bonds. The smallest absolute Gasteiger partial charge is 0.0891 e. The van der Waals surface area contributed by atoms with Crippen LogP contribution in [0.4, 0.5) is 0 Å². The molecule has 0 unspecified atom stereocenters. The van der Waals surface area contributed by atoms with Gasteiger partial charge in [0.25, 0.3) is 0 Å². The van der Waals surface area contributed by atoms with Crippen molar-refractivity contribution in [1.82, 2.24) is 4.57 Å². The summed E-state index contributed by atoms with van der Waals surface area (Å²) in [6.45, 7) is 0. The van der Waals surface area contributed by atoms with E-state index < -0.39 is 0 Å². The van der Waals surface area contributed by atoms with Gasteiger partial charge in [0.1, 0.15) is 0 Å². The summed E-state index contributed by atoms with van der Waals surface area (Å²) in [5.74, 6) is 0. The molecule has 9 rings (SSSR count). The van der Waals surface area contributed by atoms with E-state index in [1.807, 2.05) is 22.7 Å². The summed E-state index contributed by atoms with van der Waals surface area (Å²) >= 11 is 3.87. The number of hydrogen-bond donors (Lipinski definition) is 0. The fourth-order valence-corrected chi connectivity index (χ4v) is 9.03. The van der Waals surface area contributed by atoms with Gasteiger partial charge < -0.3 is 4.57 Å². The van der Waals surface area contributed by atoms with Crippen molar-refractivity contribution < 1.29 is 0 Å². The number of rotatable bonds is 1. The highest BCUT2D eigenvalue weighted by Gasteiger charge is 2.22. The van der Waals surface area contributed by atoms with Gasteiger partial charge in [0, 0.05) is 42.7 Å². The lowest BCUT2D eigenvalue weighted by Crippen LogP contribution is -1.94. The van der Waals surface area contributed by atoms with Crippen LogP contribution in [0.5, 0.6) is 0 Å². The van der Waals surface area contributed by atoms with Gasteiger partial charge in [-0.15, -0.1) is 22.7 Å². The van der Waals surface area contributed by atoms with Gasteiger partial charge in [-0.3, -0.25) is 0 Å². The molecule has 6 aromatic carbocycles. The third-order valence-electron chi connectivity index (χ3n) is 7.80. The first-order valence-electron chi connectivity index (χ1n) is 12.5. The summed E-state index contributed by atoms with van der Waals surface area (Å²) in [6.07, 6.45) is 0. The van der Waals surface area contributed by atoms with E-state index in [2.05, 4.69) is 120 Å². The van der Waals surface area contributed by atoms with Gasteiger partial charge in [-0.25, -0.2) is 0 Å². The van der Waals surface area contributed by atoms with Crippen molar-refractivity contribution in [2.45, 2.75) is 0 Å². The molecule has 0 aliphatic rings. The molecule has 172 valence electrons. The van der Waals surface area contributed by atoms with E-state index >= 15 is 0 Å². The molecule has 0 bridgehead atoms. The topological polar surface area (TPSA) is 4.93 Å². The van der Waals surface area contributed by atoms with E-state index in [9.17, 15) is 0 Å². The number of aromatic nitrogens is 1. The lowest BCUT2D eigenvalue weighted by molar-refractivity contribution is 1.19. The highest BCUT2D eigenvalue weighted by atomic mass is 32.2. The molecule has 37 heavy (non-hydrogen) atoms. The Balaban J connectivity index is 1.62. The van der Waals surface area contributed by atoms with E-state index in [0.717, 1.165) is 0 Å². The minimum atomic E-state index is 1.21. The lowest BCUT2D eigenvalue weighted by Gasteiger charge is -2.12. The van der Waals surface area contributed by atoms with Crippen molar-refractivity contribution in [3.8, 4) is 5.69 Å². The molecule has 3 aromatic heterocycles. The molecule has 0 N–H and O–H groups in total. The quantitative estimate of drug-likeness (QED) is 0.196. The number of fused-ring (bicyclic) bond motifs is 14. The maximum Gasteiger partial charge on any atom is 0.0891 e. The molecule has 0 spiro atoms. The zero-order valence-electron chi connectivity index (χ0n) is 19.7. The summed E-state index contributed by atoms with van der Waals surface area (Å²) in [5, 5.41) is 12.0. The zero-order valence-corrected chi connectivity index (χ0v) is 21.4. The maximum absolute atomic E-state index is 2.53. The zero-order chi connectivity index (χ0) is 24.1. The monoisotopic (exact) mass is 505 g/mol. The molecule has 0 aliphatic heterocycles. The van der Waals surface area contributed by atoms with Gasteiger partial charge in [-0.2, -0.15) is 0 Å². The van der Waals surface area contributed by atoms with E-state index in [0.29, 0.717) is 0 Å². The van der Waals surface area contributed by atoms with Gasteiger partial charge in [0.05, 0.1) is 19.7 Å². The third-order valence-corrected chi connectivity index (χ3v) is 10.3. The summed E-state index contributed by atoms with van der Waals surface area (Å²) in [7, 11) is 0. The highest BCUT2D eigenvalue weighted by molar-refractivity contribution is 7.45. The summed E-state index contributed by atoms with van der Waals surface area (Å²) in [6, 6.07) is 42.3. The van der Waals surface area contributed by atoms with Gasteiger partial charge in [0.15, 0.2) is 0 Å². The van der Waals surface area contributed by atoms with Crippen LogP contribution in [0, 0.1) is 0 Å². The molecule has 0 atom stereocenters. The first-order chi connectivity index (χ1) is 18.4. The molecule has 3 heteroatoms. The second-order valence-corrected chi connectivity index (χ2v) is 12.0. The molecule has 3 heterocycles.